The van der Waals surface area contributed by atoms with Gasteiger partial charge in [-0.15, -0.1) is 11.3 Å². The van der Waals surface area contributed by atoms with E-state index in [9.17, 15) is 0 Å². The van der Waals surface area contributed by atoms with Crippen molar-refractivity contribution < 1.29 is 0 Å². The van der Waals surface area contributed by atoms with Gasteiger partial charge >= 0.3 is 0 Å². The Balaban J connectivity index is 1.80. The number of hydrogen-bond acceptors (Lipinski definition) is 6. The molecule has 0 amide bonds. The molecule has 0 aromatic carbocycles. The molecule has 0 saturated carbocycles. The van der Waals surface area contributed by atoms with E-state index in [2.05, 4.69) is 25.3 Å². The number of aromatic nitrogens is 4. The quantitative estimate of drug-likeness (QED) is 0.791. The average Bonchev–Trinajstić information content (AvgIpc) is 2.91. The number of aryl methyl sites for hydroxylation is 1. The number of rotatable bonds is 3. The highest BCUT2D eigenvalue weighted by atomic mass is 32.1. The Morgan fingerprint density at radius 3 is 2.74 bits per heavy atom. The lowest BCUT2D eigenvalue weighted by Gasteiger charge is -2.01. The highest BCUT2D eigenvalue weighted by Gasteiger charge is 2.06. The van der Waals surface area contributed by atoms with E-state index in [1.54, 1.807) is 18.6 Å². The second kappa shape index (κ2) is 5.11. The Morgan fingerprint density at radius 1 is 1.05 bits per heavy atom. The molecule has 0 fully saturated rings. The normalized spacial score (nSPS) is 10.4. The van der Waals surface area contributed by atoms with Gasteiger partial charge in [-0.2, -0.15) is 0 Å². The van der Waals surface area contributed by atoms with E-state index >= 15 is 0 Å². The summed E-state index contributed by atoms with van der Waals surface area (Å²) in [6.45, 7) is 2.01. The molecule has 3 rings (SSSR count). The molecule has 3 heterocycles. The van der Waals surface area contributed by atoms with Crippen LogP contribution in [0.2, 0.25) is 0 Å². The van der Waals surface area contributed by atoms with Gasteiger partial charge in [0.1, 0.15) is 17.2 Å². The number of pyridine rings is 1. The second-order valence-corrected chi connectivity index (χ2v) is 4.83. The Hall–Kier alpha value is -2.34. The van der Waals surface area contributed by atoms with Crippen molar-refractivity contribution in [2.24, 2.45) is 0 Å². The smallest absolute Gasteiger partial charge is 0.188 e. The first kappa shape index (κ1) is 11.7. The maximum atomic E-state index is 4.46. The first-order valence-electron chi connectivity index (χ1n) is 5.73. The fourth-order valence-electron chi connectivity index (χ4n) is 1.53. The van der Waals surface area contributed by atoms with E-state index < -0.39 is 0 Å². The molecule has 6 heteroatoms. The molecule has 0 spiro atoms. The Labute approximate surface area is 114 Å². The van der Waals surface area contributed by atoms with Gasteiger partial charge in [0.15, 0.2) is 5.13 Å². The number of hydrogen-bond donors (Lipinski definition) is 1. The van der Waals surface area contributed by atoms with Gasteiger partial charge < -0.3 is 5.32 Å². The van der Waals surface area contributed by atoms with E-state index in [4.69, 9.17) is 0 Å². The Morgan fingerprint density at radius 2 is 2.00 bits per heavy atom. The minimum absolute atomic E-state index is 0.767. The minimum atomic E-state index is 0.767. The van der Waals surface area contributed by atoms with Gasteiger partial charge in [0.25, 0.3) is 0 Å². The lowest BCUT2D eigenvalue weighted by atomic mass is 10.3. The van der Waals surface area contributed by atoms with Crippen LogP contribution in [0.1, 0.15) is 5.56 Å². The van der Waals surface area contributed by atoms with Crippen LogP contribution >= 0.6 is 11.3 Å². The molecule has 0 bridgehead atoms. The van der Waals surface area contributed by atoms with Crippen LogP contribution in [0.5, 0.6) is 0 Å². The lowest BCUT2D eigenvalue weighted by molar-refractivity contribution is 1.18. The van der Waals surface area contributed by atoms with Crippen LogP contribution in [0.4, 0.5) is 10.9 Å². The summed E-state index contributed by atoms with van der Waals surface area (Å²) in [5.74, 6) is 0.783. The van der Waals surface area contributed by atoms with Gasteiger partial charge in [-0.25, -0.2) is 9.97 Å². The zero-order valence-corrected chi connectivity index (χ0v) is 11.1. The van der Waals surface area contributed by atoms with Gasteiger partial charge in [0, 0.05) is 24.0 Å². The average molecular weight is 269 g/mol. The second-order valence-electron chi connectivity index (χ2n) is 3.97. The van der Waals surface area contributed by atoms with Crippen molar-refractivity contribution in [3.63, 3.8) is 0 Å². The largest absolute Gasteiger partial charge is 0.316 e. The first-order valence-corrected chi connectivity index (χ1v) is 6.61. The summed E-state index contributed by atoms with van der Waals surface area (Å²) in [6, 6.07) is 3.94. The number of nitrogens with zero attached hydrogens (tertiary/aromatic N) is 4. The highest BCUT2D eigenvalue weighted by Crippen LogP contribution is 2.24. The van der Waals surface area contributed by atoms with Crippen LogP contribution in [0, 0.1) is 6.92 Å². The predicted molar refractivity (Wildman–Crippen MR) is 75.4 cm³/mol. The van der Waals surface area contributed by atoms with E-state index in [0.717, 1.165) is 27.9 Å². The molecule has 3 aromatic rings. The van der Waals surface area contributed by atoms with Crippen LogP contribution in [-0.4, -0.2) is 19.9 Å². The molecule has 94 valence electrons. The molecular formula is C13H11N5S. The number of anilines is 2. The molecule has 0 unspecified atom stereocenters. The van der Waals surface area contributed by atoms with E-state index in [1.165, 1.54) is 11.3 Å². The molecule has 0 atom stereocenters. The zero-order chi connectivity index (χ0) is 13.1. The van der Waals surface area contributed by atoms with Crippen LogP contribution in [0.3, 0.4) is 0 Å². The molecule has 0 aliphatic carbocycles. The highest BCUT2D eigenvalue weighted by molar-refractivity contribution is 7.14. The molecule has 3 aromatic heterocycles. The van der Waals surface area contributed by atoms with E-state index in [-0.39, 0.29) is 0 Å². The topological polar surface area (TPSA) is 63.6 Å². The van der Waals surface area contributed by atoms with E-state index in [1.807, 2.05) is 30.6 Å². The summed E-state index contributed by atoms with van der Waals surface area (Å²) in [7, 11) is 0. The summed E-state index contributed by atoms with van der Waals surface area (Å²) in [4.78, 5) is 17.0. The third-order valence-corrected chi connectivity index (χ3v) is 3.23. The minimum Gasteiger partial charge on any atom is -0.316 e. The number of nitrogens with one attached hydrogen (secondary N) is 1. The molecule has 0 saturated heterocycles. The van der Waals surface area contributed by atoms with Crippen LogP contribution in [0.15, 0.2) is 42.3 Å². The van der Waals surface area contributed by atoms with Crippen molar-refractivity contribution in [1.82, 2.24) is 19.9 Å². The van der Waals surface area contributed by atoms with Gasteiger partial charge in [-0.3, -0.25) is 9.97 Å². The number of thiazole rings is 1. The third-order valence-electron chi connectivity index (χ3n) is 2.48. The van der Waals surface area contributed by atoms with Gasteiger partial charge in [-0.05, 0) is 18.6 Å². The summed E-state index contributed by atoms with van der Waals surface area (Å²) in [5, 5.41) is 5.90. The van der Waals surface area contributed by atoms with Crippen LogP contribution in [0.25, 0.3) is 11.4 Å². The molecule has 0 aliphatic rings. The van der Waals surface area contributed by atoms with Crippen molar-refractivity contribution in [3.8, 4) is 11.4 Å². The molecule has 0 radical (unpaired) electrons. The van der Waals surface area contributed by atoms with Gasteiger partial charge in [0.2, 0.25) is 0 Å². The van der Waals surface area contributed by atoms with Gasteiger partial charge in [-0.1, -0.05) is 6.07 Å². The summed E-state index contributed by atoms with van der Waals surface area (Å²) in [6.07, 6.45) is 6.82. The van der Waals surface area contributed by atoms with Crippen LogP contribution < -0.4 is 5.32 Å². The Bertz CT molecular complexity index is 663. The van der Waals surface area contributed by atoms with Gasteiger partial charge in [0.05, 0.1) is 6.20 Å². The zero-order valence-electron chi connectivity index (χ0n) is 10.2. The van der Waals surface area contributed by atoms with Crippen molar-refractivity contribution in [2.45, 2.75) is 6.92 Å². The predicted octanol–water partition coefficient (Wildman–Crippen LogP) is 3.05. The SMILES string of the molecule is Cc1ccc(Nc2nc(-c3cnccn3)cs2)nc1. The van der Waals surface area contributed by atoms with Crippen LogP contribution in [-0.2, 0) is 0 Å². The Kier molecular flexibility index (Phi) is 3.16. The molecule has 19 heavy (non-hydrogen) atoms. The lowest BCUT2D eigenvalue weighted by Crippen LogP contribution is -1.93. The van der Waals surface area contributed by atoms with Crippen molar-refractivity contribution in [1.29, 1.82) is 0 Å². The van der Waals surface area contributed by atoms with Crippen molar-refractivity contribution in [2.75, 3.05) is 5.32 Å². The fraction of sp³-hybridized carbons (Fsp3) is 0.0769. The molecule has 5 nitrogen and oxygen atoms in total. The summed E-state index contributed by atoms with van der Waals surface area (Å²) < 4.78 is 0. The summed E-state index contributed by atoms with van der Waals surface area (Å²) in [5.41, 5.74) is 2.71. The molecule has 1 N–H and O–H groups in total. The summed E-state index contributed by atoms with van der Waals surface area (Å²) >= 11 is 1.51. The fourth-order valence-corrected chi connectivity index (χ4v) is 2.24. The maximum Gasteiger partial charge on any atom is 0.188 e. The van der Waals surface area contributed by atoms with E-state index in [0.29, 0.717) is 0 Å². The first-order chi connectivity index (χ1) is 9.31. The maximum absolute atomic E-state index is 4.46. The third kappa shape index (κ3) is 2.74. The van der Waals surface area contributed by atoms with Crippen molar-refractivity contribution in [3.05, 3.63) is 47.9 Å². The standard InChI is InChI=1S/C13H11N5S/c1-9-2-3-12(16-6-9)18-13-17-11(8-19-13)10-7-14-4-5-15-10/h2-8H,1H3,(H,16,17,18). The molecule has 0 aliphatic heterocycles. The van der Waals surface area contributed by atoms with Crippen molar-refractivity contribution >= 4 is 22.3 Å². The monoisotopic (exact) mass is 269 g/mol. The molecular weight excluding hydrogens is 258 g/mol.